The van der Waals surface area contributed by atoms with E-state index in [1.165, 1.54) is 0 Å². The zero-order valence-corrected chi connectivity index (χ0v) is 9.04. The van der Waals surface area contributed by atoms with E-state index >= 15 is 0 Å². The average Bonchev–Trinajstić information content (AvgIpc) is 2.83. The molecular weight excluding hydrogens is 220 g/mol. The third kappa shape index (κ3) is 2.87. The number of hydrogen-bond acceptors (Lipinski definition) is 5. The molecule has 1 aromatic heterocycles. The Labute approximate surface area is 97.7 Å². The molecule has 2 rings (SSSR count). The van der Waals surface area contributed by atoms with Crippen LogP contribution in [0.1, 0.15) is 23.7 Å². The summed E-state index contributed by atoms with van der Waals surface area (Å²) in [7, 11) is 0. The fourth-order valence-corrected chi connectivity index (χ4v) is 1.67. The first-order chi connectivity index (χ1) is 8.27. The SMILES string of the molecule is O=C([O-])C(CCc1nn[nH]n1)c1ccccc1. The molecule has 0 saturated carbocycles. The number of tetrazole rings is 1. The molecule has 0 saturated heterocycles. The number of H-pyrrole nitrogens is 1. The molecule has 1 atom stereocenters. The molecule has 6 nitrogen and oxygen atoms in total. The molecule has 0 aliphatic rings. The van der Waals surface area contributed by atoms with E-state index in [9.17, 15) is 9.90 Å². The number of rotatable bonds is 5. The molecule has 0 spiro atoms. The van der Waals surface area contributed by atoms with Gasteiger partial charge in [0.25, 0.3) is 0 Å². The van der Waals surface area contributed by atoms with Crippen LogP contribution >= 0.6 is 0 Å². The van der Waals surface area contributed by atoms with Crippen molar-refractivity contribution < 1.29 is 9.90 Å². The first-order valence-electron chi connectivity index (χ1n) is 5.25. The highest BCUT2D eigenvalue weighted by molar-refractivity contribution is 5.73. The van der Waals surface area contributed by atoms with Crippen molar-refractivity contribution in [3.63, 3.8) is 0 Å². The third-order valence-corrected chi connectivity index (χ3v) is 2.53. The second-order valence-corrected chi connectivity index (χ2v) is 3.65. The number of aryl methyl sites for hydroxylation is 1. The Morgan fingerprint density at radius 2 is 2.12 bits per heavy atom. The topological polar surface area (TPSA) is 94.6 Å². The van der Waals surface area contributed by atoms with Crippen molar-refractivity contribution in [2.75, 3.05) is 0 Å². The summed E-state index contributed by atoms with van der Waals surface area (Å²) < 4.78 is 0. The Morgan fingerprint density at radius 3 is 2.71 bits per heavy atom. The quantitative estimate of drug-likeness (QED) is 0.760. The van der Waals surface area contributed by atoms with Gasteiger partial charge in [-0.15, -0.1) is 10.2 Å². The van der Waals surface area contributed by atoms with Crippen molar-refractivity contribution in [2.24, 2.45) is 0 Å². The van der Waals surface area contributed by atoms with Crippen LogP contribution in [0.5, 0.6) is 0 Å². The van der Waals surface area contributed by atoms with Gasteiger partial charge in [0.05, 0.1) is 0 Å². The number of carboxylic acid groups (broad SMARTS) is 1. The Hall–Kier alpha value is -2.24. The summed E-state index contributed by atoms with van der Waals surface area (Å²) in [6.45, 7) is 0. The van der Waals surface area contributed by atoms with Gasteiger partial charge in [0, 0.05) is 18.3 Å². The summed E-state index contributed by atoms with van der Waals surface area (Å²) in [6.07, 6.45) is 0.843. The highest BCUT2D eigenvalue weighted by Gasteiger charge is 2.13. The number of carbonyl (C=O) groups is 1. The first kappa shape index (κ1) is 11.3. The van der Waals surface area contributed by atoms with Gasteiger partial charge in [0.1, 0.15) is 0 Å². The Morgan fingerprint density at radius 1 is 1.35 bits per heavy atom. The fraction of sp³-hybridized carbons (Fsp3) is 0.273. The molecule has 0 fully saturated rings. The monoisotopic (exact) mass is 231 g/mol. The molecule has 0 amide bonds. The number of nitrogens with zero attached hydrogens (tertiary/aromatic N) is 3. The first-order valence-corrected chi connectivity index (χ1v) is 5.25. The molecule has 6 heteroatoms. The number of aliphatic carboxylic acids is 1. The zero-order chi connectivity index (χ0) is 12.1. The van der Waals surface area contributed by atoms with Gasteiger partial charge in [-0.25, -0.2) is 0 Å². The maximum atomic E-state index is 11.1. The fourth-order valence-electron chi connectivity index (χ4n) is 1.67. The molecule has 0 aliphatic carbocycles. The molecule has 1 N–H and O–H groups in total. The van der Waals surface area contributed by atoms with Crippen LogP contribution in [0.25, 0.3) is 0 Å². The molecule has 0 aliphatic heterocycles. The predicted molar refractivity (Wildman–Crippen MR) is 56.7 cm³/mol. The van der Waals surface area contributed by atoms with E-state index in [0.717, 1.165) is 5.56 Å². The standard InChI is InChI=1S/C11H12N4O2/c16-11(17)9(8-4-2-1-3-5-8)6-7-10-12-14-15-13-10/h1-5,9H,6-7H2,(H,16,17)(H,12,13,14,15)/p-1. The number of carboxylic acids is 1. The van der Waals surface area contributed by atoms with Crippen molar-refractivity contribution in [1.82, 2.24) is 20.6 Å². The maximum absolute atomic E-state index is 11.1. The normalized spacial score (nSPS) is 12.2. The molecule has 1 unspecified atom stereocenters. The Bertz CT molecular complexity index is 469. The van der Waals surface area contributed by atoms with Gasteiger partial charge in [-0.05, 0) is 12.0 Å². The molecular formula is C11H11N4O2-. The molecule has 1 aromatic carbocycles. The molecule has 2 aromatic rings. The lowest BCUT2D eigenvalue weighted by atomic mass is 9.94. The summed E-state index contributed by atoms with van der Waals surface area (Å²) in [4.78, 5) is 11.1. The third-order valence-electron chi connectivity index (χ3n) is 2.53. The Kier molecular flexibility index (Phi) is 3.44. The van der Waals surface area contributed by atoms with Crippen molar-refractivity contribution in [1.29, 1.82) is 0 Å². The lowest BCUT2D eigenvalue weighted by Gasteiger charge is -2.17. The van der Waals surface area contributed by atoms with E-state index in [2.05, 4.69) is 20.6 Å². The number of carbonyl (C=O) groups excluding carboxylic acids is 1. The van der Waals surface area contributed by atoms with Crippen LogP contribution in [0, 0.1) is 0 Å². The van der Waals surface area contributed by atoms with Crippen LogP contribution in [0.2, 0.25) is 0 Å². The van der Waals surface area contributed by atoms with E-state index in [1.54, 1.807) is 24.3 Å². The van der Waals surface area contributed by atoms with Crippen molar-refractivity contribution in [3.8, 4) is 0 Å². The number of aromatic nitrogens is 4. The Balaban J connectivity index is 2.06. The molecule has 17 heavy (non-hydrogen) atoms. The predicted octanol–water partition coefficient (Wildman–Crippen LogP) is -0.334. The largest absolute Gasteiger partial charge is 0.549 e. The van der Waals surface area contributed by atoms with Crippen LogP contribution in [0.15, 0.2) is 30.3 Å². The summed E-state index contributed by atoms with van der Waals surface area (Å²) in [6, 6.07) is 9.00. The van der Waals surface area contributed by atoms with E-state index in [1.807, 2.05) is 6.07 Å². The van der Waals surface area contributed by atoms with E-state index in [0.29, 0.717) is 18.7 Å². The number of aromatic amines is 1. The molecule has 0 radical (unpaired) electrons. The summed E-state index contributed by atoms with van der Waals surface area (Å²) in [5.74, 6) is -1.22. The minimum atomic E-state index is -1.08. The lowest BCUT2D eigenvalue weighted by Crippen LogP contribution is -2.30. The van der Waals surface area contributed by atoms with Gasteiger partial charge in [0.2, 0.25) is 0 Å². The minimum absolute atomic E-state index is 0.395. The van der Waals surface area contributed by atoms with Crippen LogP contribution in [-0.4, -0.2) is 26.6 Å². The van der Waals surface area contributed by atoms with Crippen LogP contribution < -0.4 is 5.11 Å². The zero-order valence-electron chi connectivity index (χ0n) is 9.04. The van der Waals surface area contributed by atoms with Crippen molar-refractivity contribution in [2.45, 2.75) is 18.8 Å². The van der Waals surface area contributed by atoms with E-state index < -0.39 is 11.9 Å². The summed E-state index contributed by atoms with van der Waals surface area (Å²) >= 11 is 0. The van der Waals surface area contributed by atoms with Gasteiger partial charge >= 0.3 is 0 Å². The molecule has 0 bridgehead atoms. The van der Waals surface area contributed by atoms with E-state index in [4.69, 9.17) is 0 Å². The minimum Gasteiger partial charge on any atom is -0.549 e. The van der Waals surface area contributed by atoms with Gasteiger partial charge in [-0.1, -0.05) is 35.5 Å². The highest BCUT2D eigenvalue weighted by atomic mass is 16.4. The van der Waals surface area contributed by atoms with Gasteiger partial charge < -0.3 is 9.90 Å². The number of nitrogens with one attached hydrogen (secondary N) is 1. The maximum Gasteiger partial charge on any atom is 0.174 e. The second kappa shape index (κ2) is 5.20. The molecule has 88 valence electrons. The van der Waals surface area contributed by atoms with Crippen molar-refractivity contribution >= 4 is 5.97 Å². The van der Waals surface area contributed by atoms with Gasteiger partial charge in [-0.2, -0.15) is 5.21 Å². The lowest BCUT2D eigenvalue weighted by molar-refractivity contribution is -0.308. The van der Waals surface area contributed by atoms with Crippen LogP contribution in [0.4, 0.5) is 0 Å². The average molecular weight is 231 g/mol. The van der Waals surface area contributed by atoms with Crippen LogP contribution in [-0.2, 0) is 11.2 Å². The van der Waals surface area contributed by atoms with Gasteiger partial charge in [0.15, 0.2) is 5.82 Å². The van der Waals surface area contributed by atoms with Crippen molar-refractivity contribution in [3.05, 3.63) is 41.7 Å². The smallest absolute Gasteiger partial charge is 0.174 e. The van der Waals surface area contributed by atoms with Crippen LogP contribution in [0.3, 0.4) is 0 Å². The summed E-state index contributed by atoms with van der Waals surface area (Å²) in [5.41, 5.74) is 0.732. The number of benzene rings is 1. The van der Waals surface area contributed by atoms with Gasteiger partial charge in [-0.3, -0.25) is 0 Å². The molecule has 1 heterocycles. The highest BCUT2D eigenvalue weighted by Crippen LogP contribution is 2.20. The number of hydrogen-bond donors (Lipinski definition) is 1. The summed E-state index contributed by atoms with van der Waals surface area (Å²) in [5, 5.41) is 24.4. The second-order valence-electron chi connectivity index (χ2n) is 3.65. The van der Waals surface area contributed by atoms with E-state index in [-0.39, 0.29) is 0 Å².